The maximum absolute atomic E-state index is 11.0. The Kier molecular flexibility index (Phi) is 5.31. The second-order valence-corrected chi connectivity index (χ2v) is 8.20. The van der Waals surface area contributed by atoms with Crippen molar-refractivity contribution in [3.05, 3.63) is 114 Å². The number of carbonyl (C=O) groups is 1. The van der Waals surface area contributed by atoms with Crippen LogP contribution in [0.1, 0.15) is 28.8 Å². The molecule has 0 amide bonds. The van der Waals surface area contributed by atoms with Gasteiger partial charge in [-0.1, -0.05) is 66.7 Å². The Bertz CT molecular complexity index is 1290. The number of ether oxygens (including phenoxy) is 1. The van der Waals surface area contributed by atoms with Crippen molar-refractivity contribution in [2.24, 2.45) is 0 Å². The third kappa shape index (κ3) is 3.61. The van der Waals surface area contributed by atoms with Crippen LogP contribution in [0.4, 0.5) is 0 Å². The van der Waals surface area contributed by atoms with Crippen molar-refractivity contribution < 1.29 is 14.6 Å². The largest absolute Gasteiger partial charge is 0.497 e. The van der Waals surface area contributed by atoms with Gasteiger partial charge in [0, 0.05) is 17.8 Å². The van der Waals surface area contributed by atoms with Crippen LogP contribution in [0.2, 0.25) is 0 Å². The predicted octanol–water partition coefficient (Wildman–Crippen LogP) is 5.39. The molecule has 1 aliphatic rings. The molecule has 0 aliphatic heterocycles. The summed E-state index contributed by atoms with van der Waals surface area (Å²) in [6.07, 6.45) is 8.13. The van der Waals surface area contributed by atoms with Gasteiger partial charge in [-0.25, -0.2) is 4.98 Å². The van der Waals surface area contributed by atoms with Gasteiger partial charge >= 0.3 is 5.97 Å². The van der Waals surface area contributed by atoms with Crippen LogP contribution in [-0.2, 0) is 16.6 Å². The van der Waals surface area contributed by atoms with Crippen LogP contribution < -0.4 is 4.74 Å². The number of rotatable bonds is 7. The van der Waals surface area contributed by atoms with Crippen molar-refractivity contribution in [1.29, 1.82) is 0 Å². The Morgan fingerprint density at radius 3 is 2.24 bits per heavy atom. The molecule has 1 heterocycles. The predicted molar refractivity (Wildman–Crippen MR) is 128 cm³/mol. The maximum atomic E-state index is 11.0. The summed E-state index contributed by atoms with van der Waals surface area (Å²) in [5.41, 5.74) is 6.44. The summed E-state index contributed by atoms with van der Waals surface area (Å²) >= 11 is 0. The van der Waals surface area contributed by atoms with Crippen LogP contribution in [0.5, 0.6) is 5.75 Å². The van der Waals surface area contributed by atoms with Crippen molar-refractivity contribution >= 4 is 12.2 Å². The molecule has 164 valence electrons. The molecule has 0 unspecified atom stereocenters. The lowest BCUT2D eigenvalue weighted by molar-refractivity contribution is -0.136. The minimum atomic E-state index is -0.887. The standard InChI is InChI=1S/C28H24N2O3/c1-33-22-13-11-20(12-14-22)28(15-6-16-30-18-21(29-19-30)17-27(31)32)25-9-4-2-7-23(25)24-8-3-5-10-26(24)28/h2-14,16,18-19H,15,17H2,1H3,(H,31,32)/b16-6+. The first-order valence-corrected chi connectivity index (χ1v) is 10.9. The number of imidazole rings is 1. The average molecular weight is 437 g/mol. The van der Waals surface area contributed by atoms with Crippen LogP contribution >= 0.6 is 0 Å². The number of nitrogens with zero attached hydrogens (tertiary/aromatic N) is 2. The van der Waals surface area contributed by atoms with E-state index in [1.807, 2.05) is 22.9 Å². The molecule has 33 heavy (non-hydrogen) atoms. The first-order chi connectivity index (χ1) is 16.1. The zero-order chi connectivity index (χ0) is 22.8. The summed E-state index contributed by atoms with van der Waals surface area (Å²) in [6.45, 7) is 0. The summed E-state index contributed by atoms with van der Waals surface area (Å²) in [6, 6.07) is 25.5. The van der Waals surface area contributed by atoms with Gasteiger partial charge in [-0.3, -0.25) is 4.79 Å². The molecule has 0 fully saturated rings. The molecular formula is C28H24N2O3. The number of methoxy groups -OCH3 is 1. The van der Waals surface area contributed by atoms with Crippen molar-refractivity contribution in [2.45, 2.75) is 18.3 Å². The van der Waals surface area contributed by atoms with Gasteiger partial charge in [-0.2, -0.15) is 0 Å². The van der Waals surface area contributed by atoms with Gasteiger partial charge in [0.05, 0.1) is 25.6 Å². The Hall–Kier alpha value is -4.12. The van der Waals surface area contributed by atoms with Gasteiger partial charge in [0.2, 0.25) is 0 Å². The molecule has 0 radical (unpaired) electrons. The Balaban J connectivity index is 1.60. The first-order valence-electron chi connectivity index (χ1n) is 10.9. The Labute approximate surface area is 192 Å². The van der Waals surface area contributed by atoms with Gasteiger partial charge in [0.15, 0.2) is 0 Å². The number of hydrogen-bond donors (Lipinski definition) is 1. The number of allylic oxidation sites excluding steroid dienone is 1. The Morgan fingerprint density at radius 2 is 1.64 bits per heavy atom. The molecule has 0 bridgehead atoms. The average Bonchev–Trinajstić information content (AvgIpc) is 3.40. The van der Waals surface area contributed by atoms with E-state index in [1.54, 1.807) is 19.6 Å². The molecule has 0 saturated heterocycles. The molecule has 1 N–H and O–H groups in total. The molecule has 0 spiro atoms. The van der Waals surface area contributed by atoms with Crippen molar-refractivity contribution in [1.82, 2.24) is 9.55 Å². The fourth-order valence-electron chi connectivity index (χ4n) is 4.91. The highest BCUT2D eigenvalue weighted by molar-refractivity contribution is 5.83. The molecule has 0 atom stereocenters. The third-order valence-electron chi connectivity index (χ3n) is 6.34. The van der Waals surface area contributed by atoms with Crippen molar-refractivity contribution in [3.8, 4) is 16.9 Å². The number of fused-ring (bicyclic) bond motifs is 3. The highest BCUT2D eigenvalue weighted by Gasteiger charge is 2.43. The van der Waals surface area contributed by atoms with E-state index in [2.05, 4.69) is 71.7 Å². The fraction of sp³-hybridized carbons (Fsp3) is 0.143. The van der Waals surface area contributed by atoms with Gasteiger partial charge in [0.25, 0.3) is 0 Å². The quantitative estimate of drug-likeness (QED) is 0.422. The maximum Gasteiger partial charge on any atom is 0.309 e. The van der Waals surface area contributed by atoms with E-state index in [4.69, 9.17) is 9.84 Å². The van der Waals surface area contributed by atoms with E-state index in [9.17, 15) is 4.79 Å². The highest BCUT2D eigenvalue weighted by atomic mass is 16.5. The van der Waals surface area contributed by atoms with Crippen LogP contribution in [0, 0.1) is 0 Å². The monoisotopic (exact) mass is 436 g/mol. The van der Waals surface area contributed by atoms with Gasteiger partial charge in [-0.15, -0.1) is 0 Å². The van der Waals surface area contributed by atoms with E-state index in [-0.39, 0.29) is 11.8 Å². The molecule has 5 rings (SSSR count). The molecule has 0 saturated carbocycles. The number of aliphatic carboxylic acids is 1. The van der Waals surface area contributed by atoms with Crippen molar-refractivity contribution in [2.75, 3.05) is 7.11 Å². The zero-order valence-corrected chi connectivity index (χ0v) is 18.3. The van der Waals surface area contributed by atoms with E-state index >= 15 is 0 Å². The molecule has 1 aliphatic carbocycles. The lowest BCUT2D eigenvalue weighted by atomic mass is 9.70. The minimum Gasteiger partial charge on any atom is -0.497 e. The second-order valence-electron chi connectivity index (χ2n) is 8.20. The van der Waals surface area contributed by atoms with Gasteiger partial charge < -0.3 is 14.4 Å². The van der Waals surface area contributed by atoms with Crippen molar-refractivity contribution in [3.63, 3.8) is 0 Å². The number of aromatic nitrogens is 2. The summed E-state index contributed by atoms with van der Waals surface area (Å²) in [5.74, 6) is -0.0600. The van der Waals surface area contributed by atoms with E-state index in [0.29, 0.717) is 5.69 Å². The number of hydrogen-bond acceptors (Lipinski definition) is 3. The number of carboxylic acids is 1. The van der Waals surface area contributed by atoms with E-state index < -0.39 is 5.97 Å². The number of carboxylic acid groups (broad SMARTS) is 1. The van der Waals surface area contributed by atoms with E-state index in [1.165, 1.54) is 27.8 Å². The molecular weight excluding hydrogens is 412 g/mol. The lowest BCUT2D eigenvalue weighted by Gasteiger charge is -2.32. The zero-order valence-electron chi connectivity index (χ0n) is 18.3. The van der Waals surface area contributed by atoms with Gasteiger partial charge in [-0.05, 0) is 46.4 Å². The second kappa shape index (κ2) is 8.43. The summed E-state index contributed by atoms with van der Waals surface area (Å²) < 4.78 is 7.22. The van der Waals surface area contributed by atoms with E-state index in [0.717, 1.165) is 12.2 Å². The highest BCUT2D eigenvalue weighted by Crippen LogP contribution is 2.54. The first kappa shape index (κ1) is 20.8. The molecule has 5 nitrogen and oxygen atoms in total. The van der Waals surface area contributed by atoms with Crippen LogP contribution in [-0.4, -0.2) is 27.7 Å². The van der Waals surface area contributed by atoms with Crippen LogP contribution in [0.25, 0.3) is 17.3 Å². The normalized spacial score (nSPS) is 13.6. The topological polar surface area (TPSA) is 64.4 Å². The Morgan fingerprint density at radius 1 is 1.00 bits per heavy atom. The smallest absolute Gasteiger partial charge is 0.309 e. The van der Waals surface area contributed by atoms with Crippen LogP contribution in [0.3, 0.4) is 0 Å². The number of benzene rings is 3. The summed E-state index contributed by atoms with van der Waals surface area (Å²) in [7, 11) is 1.68. The molecule has 4 aromatic rings. The SMILES string of the molecule is COc1ccc(C2(C/C=C/n3cnc(CC(=O)O)c3)c3ccccc3-c3ccccc32)cc1. The van der Waals surface area contributed by atoms with Crippen LogP contribution in [0.15, 0.2) is 91.4 Å². The molecule has 5 heteroatoms. The minimum absolute atomic E-state index is 0.0859. The lowest BCUT2D eigenvalue weighted by Crippen LogP contribution is -2.26. The van der Waals surface area contributed by atoms with Gasteiger partial charge in [0.1, 0.15) is 5.75 Å². The molecule has 3 aromatic carbocycles. The summed E-state index contributed by atoms with van der Waals surface area (Å²) in [4.78, 5) is 15.2. The molecule has 1 aromatic heterocycles. The third-order valence-corrected chi connectivity index (χ3v) is 6.34. The fourth-order valence-corrected chi connectivity index (χ4v) is 4.91. The summed E-state index contributed by atoms with van der Waals surface area (Å²) in [5, 5.41) is 9.00.